The zero-order valence-electron chi connectivity index (χ0n) is 14.6. The second-order valence-corrected chi connectivity index (χ2v) is 7.55. The van der Waals surface area contributed by atoms with Crippen molar-refractivity contribution in [2.75, 3.05) is 26.1 Å². The van der Waals surface area contributed by atoms with E-state index < -0.39 is 0 Å². The normalized spacial score (nSPS) is 10.5. The van der Waals surface area contributed by atoms with E-state index in [0.717, 1.165) is 45.4 Å². The highest BCUT2D eigenvalue weighted by molar-refractivity contribution is 8.00. The van der Waals surface area contributed by atoms with Crippen molar-refractivity contribution >= 4 is 28.2 Å². The Morgan fingerprint density at radius 2 is 1.96 bits per heavy atom. The molecule has 1 aromatic carbocycles. The maximum Gasteiger partial charge on any atom is 0.206 e. The first kappa shape index (κ1) is 18.5. The molecule has 0 aliphatic carbocycles. The van der Waals surface area contributed by atoms with E-state index in [9.17, 15) is 0 Å². The molecule has 0 fully saturated rings. The van der Waals surface area contributed by atoms with Crippen LogP contribution in [-0.4, -0.2) is 35.9 Å². The van der Waals surface area contributed by atoms with Gasteiger partial charge in [0.1, 0.15) is 0 Å². The number of thioether (sulfide) groups is 1. The third kappa shape index (κ3) is 5.09. The Morgan fingerprint density at radius 1 is 1.08 bits per heavy atom. The van der Waals surface area contributed by atoms with Gasteiger partial charge in [-0.25, -0.2) is 0 Å². The van der Waals surface area contributed by atoms with Gasteiger partial charge in [-0.2, -0.15) is 0 Å². The summed E-state index contributed by atoms with van der Waals surface area (Å²) in [6, 6.07) is 11.9. The van der Waals surface area contributed by atoms with Crippen LogP contribution in [-0.2, 0) is 12.2 Å². The van der Waals surface area contributed by atoms with E-state index in [1.54, 1.807) is 43.5 Å². The molecule has 0 saturated carbocycles. The fourth-order valence-electron chi connectivity index (χ4n) is 2.31. The first-order valence-electron chi connectivity index (χ1n) is 8.09. The van der Waals surface area contributed by atoms with Gasteiger partial charge in [0.25, 0.3) is 0 Å². The van der Waals surface area contributed by atoms with Gasteiger partial charge in [-0.1, -0.05) is 35.2 Å². The van der Waals surface area contributed by atoms with Gasteiger partial charge < -0.3 is 14.8 Å². The number of methoxy groups -OCH3 is 2. The van der Waals surface area contributed by atoms with Crippen LogP contribution in [0, 0.1) is 0 Å². The van der Waals surface area contributed by atoms with Crippen molar-refractivity contribution in [2.24, 2.45) is 0 Å². The highest BCUT2D eigenvalue weighted by atomic mass is 32.2. The summed E-state index contributed by atoms with van der Waals surface area (Å²) in [7, 11) is 3.28. The summed E-state index contributed by atoms with van der Waals surface area (Å²) in [6.45, 7) is 0.773. The topological polar surface area (TPSA) is 69.2 Å². The van der Waals surface area contributed by atoms with Crippen LogP contribution < -0.4 is 14.8 Å². The number of pyridine rings is 1. The number of hydrogen-bond donors (Lipinski definition) is 1. The predicted molar refractivity (Wildman–Crippen MR) is 105 cm³/mol. The third-order valence-corrected chi connectivity index (χ3v) is 5.66. The van der Waals surface area contributed by atoms with Gasteiger partial charge in [0.15, 0.2) is 15.8 Å². The lowest BCUT2D eigenvalue weighted by atomic mass is 10.1. The Balaban J connectivity index is 1.47. The van der Waals surface area contributed by atoms with E-state index in [-0.39, 0.29) is 0 Å². The quantitative estimate of drug-likeness (QED) is 0.558. The van der Waals surface area contributed by atoms with E-state index in [2.05, 4.69) is 20.5 Å². The molecule has 0 saturated heterocycles. The van der Waals surface area contributed by atoms with Crippen LogP contribution in [0.2, 0.25) is 0 Å². The molecule has 0 bridgehead atoms. The average Bonchev–Trinajstić information content (AvgIpc) is 3.15. The minimum Gasteiger partial charge on any atom is -0.493 e. The zero-order chi connectivity index (χ0) is 18.2. The van der Waals surface area contributed by atoms with Gasteiger partial charge in [-0.3, -0.25) is 4.98 Å². The SMILES string of the molecule is COc1ccc(CCNc2nnc(SCc3ccccn3)s2)cc1OC. The lowest BCUT2D eigenvalue weighted by molar-refractivity contribution is 0.354. The lowest BCUT2D eigenvalue weighted by Gasteiger charge is -2.09. The number of nitrogens with one attached hydrogen (secondary N) is 1. The Morgan fingerprint density at radius 3 is 2.73 bits per heavy atom. The fraction of sp³-hybridized carbons (Fsp3) is 0.278. The number of anilines is 1. The molecule has 0 unspecified atom stereocenters. The number of rotatable bonds is 9. The molecule has 6 nitrogen and oxygen atoms in total. The lowest BCUT2D eigenvalue weighted by Crippen LogP contribution is -2.04. The molecule has 8 heteroatoms. The Labute approximate surface area is 161 Å². The fourth-order valence-corrected chi connectivity index (χ4v) is 4.00. The number of hydrogen-bond acceptors (Lipinski definition) is 8. The van der Waals surface area contributed by atoms with Crippen molar-refractivity contribution in [3.8, 4) is 11.5 Å². The van der Waals surface area contributed by atoms with Crippen molar-refractivity contribution in [3.05, 3.63) is 53.9 Å². The number of aromatic nitrogens is 3. The van der Waals surface area contributed by atoms with Crippen molar-refractivity contribution in [1.82, 2.24) is 15.2 Å². The molecular weight excluding hydrogens is 368 g/mol. The molecular formula is C18H20N4O2S2. The molecule has 3 aromatic rings. The van der Waals surface area contributed by atoms with Crippen LogP contribution in [0.25, 0.3) is 0 Å². The van der Waals surface area contributed by atoms with Crippen LogP contribution in [0.5, 0.6) is 11.5 Å². The number of benzene rings is 1. The highest BCUT2D eigenvalue weighted by Crippen LogP contribution is 2.29. The Bertz CT molecular complexity index is 827. The smallest absolute Gasteiger partial charge is 0.206 e. The highest BCUT2D eigenvalue weighted by Gasteiger charge is 2.07. The maximum absolute atomic E-state index is 5.33. The number of ether oxygens (including phenoxy) is 2. The summed E-state index contributed by atoms with van der Waals surface area (Å²) < 4.78 is 11.5. The van der Waals surface area contributed by atoms with E-state index in [1.807, 2.05) is 36.4 Å². The molecule has 0 aliphatic rings. The average molecular weight is 389 g/mol. The first-order valence-corrected chi connectivity index (χ1v) is 9.89. The van der Waals surface area contributed by atoms with Gasteiger partial charge in [0, 0.05) is 18.5 Å². The maximum atomic E-state index is 5.33. The van der Waals surface area contributed by atoms with Crippen LogP contribution in [0.1, 0.15) is 11.3 Å². The summed E-state index contributed by atoms with van der Waals surface area (Å²) in [4.78, 5) is 4.31. The molecule has 0 spiro atoms. The third-order valence-electron chi connectivity index (χ3n) is 3.61. The van der Waals surface area contributed by atoms with E-state index in [4.69, 9.17) is 9.47 Å². The molecule has 2 aromatic heterocycles. The molecule has 0 amide bonds. The standard InChI is InChI=1S/C18H20N4O2S2/c1-23-15-7-6-13(11-16(15)24-2)8-10-20-17-21-22-18(26-17)25-12-14-5-3-4-9-19-14/h3-7,9,11H,8,10,12H2,1-2H3,(H,20,21). The molecule has 136 valence electrons. The van der Waals surface area contributed by atoms with E-state index >= 15 is 0 Å². The monoisotopic (exact) mass is 388 g/mol. The largest absolute Gasteiger partial charge is 0.493 e. The van der Waals surface area contributed by atoms with Crippen LogP contribution in [0.3, 0.4) is 0 Å². The summed E-state index contributed by atoms with van der Waals surface area (Å²) in [5.74, 6) is 2.28. The minimum atomic E-state index is 0.739. The summed E-state index contributed by atoms with van der Waals surface area (Å²) >= 11 is 3.20. The van der Waals surface area contributed by atoms with Gasteiger partial charge in [0.2, 0.25) is 5.13 Å². The molecule has 0 radical (unpaired) electrons. The van der Waals surface area contributed by atoms with E-state index in [0.29, 0.717) is 0 Å². The molecule has 3 rings (SSSR count). The summed E-state index contributed by atoms with van der Waals surface area (Å²) in [5.41, 5.74) is 2.21. The van der Waals surface area contributed by atoms with Crippen molar-refractivity contribution in [1.29, 1.82) is 0 Å². The molecule has 0 aliphatic heterocycles. The van der Waals surface area contributed by atoms with E-state index in [1.165, 1.54) is 5.56 Å². The Kier molecular flexibility index (Phi) is 6.68. The van der Waals surface area contributed by atoms with Crippen molar-refractivity contribution in [2.45, 2.75) is 16.5 Å². The Hall–Kier alpha value is -2.32. The second-order valence-electron chi connectivity index (χ2n) is 5.35. The van der Waals surface area contributed by atoms with Gasteiger partial charge in [-0.15, -0.1) is 10.2 Å². The van der Waals surface area contributed by atoms with Crippen LogP contribution >= 0.6 is 23.1 Å². The zero-order valence-corrected chi connectivity index (χ0v) is 16.3. The minimum absolute atomic E-state index is 0.739. The van der Waals surface area contributed by atoms with Gasteiger partial charge >= 0.3 is 0 Å². The predicted octanol–water partition coefficient (Wildman–Crippen LogP) is 3.90. The molecule has 2 heterocycles. The van der Waals surface area contributed by atoms with Crippen LogP contribution in [0.15, 0.2) is 46.9 Å². The summed E-state index contributed by atoms with van der Waals surface area (Å²) in [6.07, 6.45) is 2.66. The molecule has 26 heavy (non-hydrogen) atoms. The molecule has 0 atom stereocenters. The number of nitrogens with zero attached hydrogens (tertiary/aromatic N) is 3. The van der Waals surface area contributed by atoms with Gasteiger partial charge in [-0.05, 0) is 36.2 Å². The molecule has 1 N–H and O–H groups in total. The first-order chi connectivity index (χ1) is 12.8. The van der Waals surface area contributed by atoms with Gasteiger partial charge in [0.05, 0.1) is 19.9 Å². The summed E-state index contributed by atoms with van der Waals surface area (Å²) in [5, 5.41) is 12.6. The van der Waals surface area contributed by atoms with Crippen molar-refractivity contribution < 1.29 is 9.47 Å². The second kappa shape index (κ2) is 9.40. The van der Waals surface area contributed by atoms with Crippen molar-refractivity contribution in [3.63, 3.8) is 0 Å². The van der Waals surface area contributed by atoms with Crippen LogP contribution in [0.4, 0.5) is 5.13 Å².